The molecular weight excluding hydrogens is 202 g/mol. The molecule has 4 aliphatic rings. The number of esters is 1. The fraction of sp³-hybridized carbons (Fsp3) is 0.923. The number of fused-ring (bicyclic) bond motifs is 3. The maximum atomic E-state index is 11.6. The van der Waals surface area contributed by atoms with E-state index in [0.717, 1.165) is 6.42 Å². The number of rotatable bonds is 0. The van der Waals surface area contributed by atoms with Gasteiger partial charge in [-0.15, -0.1) is 0 Å². The van der Waals surface area contributed by atoms with Crippen LogP contribution in [0, 0.1) is 5.92 Å². The van der Waals surface area contributed by atoms with Crippen molar-refractivity contribution in [3.8, 4) is 0 Å². The average Bonchev–Trinajstić information content (AvgIpc) is 2.76. The van der Waals surface area contributed by atoms with E-state index >= 15 is 0 Å². The van der Waals surface area contributed by atoms with Crippen LogP contribution in [0.2, 0.25) is 0 Å². The lowest BCUT2D eigenvalue weighted by Gasteiger charge is -2.39. The molecule has 3 saturated heterocycles. The van der Waals surface area contributed by atoms with E-state index < -0.39 is 0 Å². The van der Waals surface area contributed by atoms with Gasteiger partial charge in [0.25, 0.3) is 0 Å². The predicted molar refractivity (Wildman–Crippen MR) is 58.9 cm³/mol. The first kappa shape index (κ1) is 9.46. The van der Waals surface area contributed by atoms with Gasteiger partial charge in [-0.25, -0.2) is 0 Å². The second-order valence-electron chi connectivity index (χ2n) is 6.01. The molecule has 4 atom stereocenters. The van der Waals surface area contributed by atoms with Gasteiger partial charge in [0, 0.05) is 18.4 Å². The van der Waals surface area contributed by atoms with Gasteiger partial charge in [0.05, 0.1) is 12.5 Å². The second kappa shape index (κ2) is 3.00. The van der Waals surface area contributed by atoms with Crippen LogP contribution >= 0.6 is 0 Å². The van der Waals surface area contributed by atoms with Gasteiger partial charge in [-0.3, -0.25) is 9.69 Å². The third-order valence-corrected chi connectivity index (χ3v) is 5.39. The molecule has 1 saturated carbocycles. The molecule has 2 bridgehead atoms. The van der Waals surface area contributed by atoms with Crippen LogP contribution in [0.4, 0.5) is 0 Å². The van der Waals surface area contributed by atoms with Crippen molar-refractivity contribution in [3.63, 3.8) is 0 Å². The van der Waals surface area contributed by atoms with Crippen molar-refractivity contribution in [2.24, 2.45) is 5.92 Å². The van der Waals surface area contributed by atoms with Crippen LogP contribution in [0.15, 0.2) is 0 Å². The van der Waals surface area contributed by atoms with E-state index in [4.69, 9.17) is 4.74 Å². The average molecular weight is 221 g/mol. The van der Waals surface area contributed by atoms with E-state index in [2.05, 4.69) is 4.90 Å². The molecule has 3 aliphatic heterocycles. The molecule has 1 spiro atoms. The summed E-state index contributed by atoms with van der Waals surface area (Å²) in [5.74, 6) is 0.599. The maximum absolute atomic E-state index is 11.6. The van der Waals surface area contributed by atoms with Crippen molar-refractivity contribution in [2.45, 2.75) is 62.6 Å². The van der Waals surface area contributed by atoms with E-state index in [1.165, 1.54) is 38.6 Å². The fourth-order valence-corrected chi connectivity index (χ4v) is 4.80. The number of hydrogen-bond donors (Lipinski definition) is 0. The maximum Gasteiger partial charge on any atom is 0.306 e. The summed E-state index contributed by atoms with van der Waals surface area (Å²) in [5, 5.41) is 0. The Bertz CT molecular complexity index is 343. The normalized spacial score (nSPS) is 51.0. The lowest BCUT2D eigenvalue weighted by Crippen LogP contribution is -2.49. The Morgan fingerprint density at radius 1 is 1.25 bits per heavy atom. The molecule has 3 heteroatoms. The zero-order chi connectivity index (χ0) is 10.8. The molecule has 16 heavy (non-hydrogen) atoms. The molecule has 0 aromatic carbocycles. The summed E-state index contributed by atoms with van der Waals surface area (Å²) < 4.78 is 5.83. The van der Waals surface area contributed by atoms with E-state index in [1.54, 1.807) is 0 Å². The van der Waals surface area contributed by atoms with Gasteiger partial charge in [0.1, 0.15) is 5.60 Å². The summed E-state index contributed by atoms with van der Waals surface area (Å²) >= 11 is 0. The van der Waals surface area contributed by atoms with Gasteiger partial charge in [-0.2, -0.15) is 0 Å². The van der Waals surface area contributed by atoms with Gasteiger partial charge in [0.15, 0.2) is 0 Å². The number of piperidine rings is 1. The lowest BCUT2D eigenvalue weighted by atomic mass is 9.72. The monoisotopic (exact) mass is 221 g/mol. The van der Waals surface area contributed by atoms with Crippen LogP contribution in [-0.2, 0) is 9.53 Å². The van der Waals surface area contributed by atoms with Crippen molar-refractivity contribution in [1.29, 1.82) is 0 Å². The molecule has 88 valence electrons. The van der Waals surface area contributed by atoms with Crippen molar-refractivity contribution >= 4 is 5.97 Å². The van der Waals surface area contributed by atoms with E-state index in [1.807, 2.05) is 0 Å². The molecule has 4 rings (SSSR count). The first-order chi connectivity index (χ1) is 7.79. The minimum atomic E-state index is -0.0551. The Kier molecular flexibility index (Phi) is 1.78. The Hall–Kier alpha value is -0.570. The quantitative estimate of drug-likeness (QED) is 0.583. The SMILES string of the molecule is O=C1CC2CCC3CC2(O1)C1CCCCN31. The third kappa shape index (κ3) is 1.01. The van der Waals surface area contributed by atoms with Crippen LogP contribution in [-0.4, -0.2) is 35.1 Å². The predicted octanol–water partition coefficient (Wildman–Crippen LogP) is 1.71. The molecule has 3 nitrogen and oxygen atoms in total. The molecule has 0 aromatic rings. The zero-order valence-electron chi connectivity index (χ0n) is 9.65. The van der Waals surface area contributed by atoms with Crippen molar-refractivity contribution in [3.05, 3.63) is 0 Å². The van der Waals surface area contributed by atoms with Crippen LogP contribution in [0.25, 0.3) is 0 Å². The third-order valence-electron chi connectivity index (χ3n) is 5.39. The first-order valence-corrected chi connectivity index (χ1v) is 6.77. The fourth-order valence-electron chi connectivity index (χ4n) is 4.80. The van der Waals surface area contributed by atoms with Gasteiger partial charge in [0.2, 0.25) is 0 Å². The second-order valence-corrected chi connectivity index (χ2v) is 6.01. The number of hydrogen-bond acceptors (Lipinski definition) is 3. The number of nitrogens with zero attached hydrogens (tertiary/aromatic N) is 1. The summed E-state index contributed by atoms with van der Waals surface area (Å²) in [4.78, 5) is 14.3. The summed E-state index contributed by atoms with van der Waals surface area (Å²) in [6.07, 6.45) is 8.23. The molecule has 4 fully saturated rings. The Morgan fingerprint density at radius 2 is 2.19 bits per heavy atom. The Morgan fingerprint density at radius 3 is 3.12 bits per heavy atom. The largest absolute Gasteiger partial charge is 0.457 e. The Balaban J connectivity index is 1.76. The molecule has 4 unspecified atom stereocenters. The van der Waals surface area contributed by atoms with Gasteiger partial charge < -0.3 is 4.74 Å². The van der Waals surface area contributed by atoms with Gasteiger partial charge >= 0.3 is 5.97 Å². The van der Waals surface area contributed by atoms with Crippen molar-refractivity contribution in [2.75, 3.05) is 6.54 Å². The van der Waals surface area contributed by atoms with E-state index in [9.17, 15) is 4.79 Å². The highest BCUT2D eigenvalue weighted by Gasteiger charge is 2.64. The summed E-state index contributed by atoms with van der Waals surface area (Å²) in [7, 11) is 0. The first-order valence-electron chi connectivity index (χ1n) is 6.77. The van der Waals surface area contributed by atoms with Crippen molar-refractivity contribution < 1.29 is 9.53 Å². The highest BCUT2D eigenvalue weighted by atomic mass is 16.6. The molecule has 1 aliphatic carbocycles. The minimum absolute atomic E-state index is 0.0551. The van der Waals surface area contributed by atoms with E-state index in [0.29, 0.717) is 24.4 Å². The van der Waals surface area contributed by atoms with Crippen LogP contribution < -0.4 is 0 Å². The molecule has 0 aromatic heterocycles. The number of carbonyl (C=O) groups excluding carboxylic acids is 1. The van der Waals surface area contributed by atoms with E-state index in [-0.39, 0.29) is 11.6 Å². The van der Waals surface area contributed by atoms with Gasteiger partial charge in [-0.05, 0) is 32.2 Å². The molecule has 0 amide bonds. The number of ether oxygens (including phenoxy) is 1. The van der Waals surface area contributed by atoms with Crippen LogP contribution in [0.1, 0.15) is 44.9 Å². The zero-order valence-corrected chi connectivity index (χ0v) is 9.65. The molecule has 3 heterocycles. The summed E-state index contributed by atoms with van der Waals surface area (Å²) in [6, 6.07) is 1.28. The van der Waals surface area contributed by atoms with Crippen LogP contribution in [0.3, 0.4) is 0 Å². The minimum Gasteiger partial charge on any atom is -0.457 e. The molecule has 0 radical (unpaired) electrons. The standard InChI is InChI=1S/C13H19NO2/c15-12-7-9-4-5-10-8-13(9,16-12)11-3-1-2-6-14(10)11/h9-11H,1-8H2. The molecule has 0 N–H and O–H groups in total. The van der Waals surface area contributed by atoms with Gasteiger partial charge in [-0.1, -0.05) is 6.42 Å². The topological polar surface area (TPSA) is 29.5 Å². The highest BCUT2D eigenvalue weighted by molar-refractivity contribution is 5.73. The summed E-state index contributed by atoms with van der Waals surface area (Å²) in [6.45, 7) is 1.24. The van der Waals surface area contributed by atoms with Crippen molar-refractivity contribution in [1.82, 2.24) is 4.90 Å². The highest BCUT2D eigenvalue weighted by Crippen LogP contribution is 2.55. The Labute approximate surface area is 96.1 Å². The smallest absolute Gasteiger partial charge is 0.306 e. The summed E-state index contributed by atoms with van der Waals surface area (Å²) in [5.41, 5.74) is -0.0551. The molecular formula is C13H19NO2. The van der Waals surface area contributed by atoms with Crippen LogP contribution in [0.5, 0.6) is 0 Å². The lowest BCUT2D eigenvalue weighted by molar-refractivity contribution is -0.152. The number of carbonyl (C=O) groups is 1.